The van der Waals surface area contributed by atoms with Crippen LogP contribution in [0.3, 0.4) is 0 Å². The fourth-order valence-corrected chi connectivity index (χ4v) is 1.45. The minimum atomic E-state index is -0.658. The molecular formula is C10H11FN4O. The van der Waals surface area contributed by atoms with Gasteiger partial charge in [-0.3, -0.25) is 0 Å². The first-order valence-corrected chi connectivity index (χ1v) is 4.67. The molecule has 6 heteroatoms. The Balaban J connectivity index is 2.41. The summed E-state index contributed by atoms with van der Waals surface area (Å²) in [6.07, 6.45) is 1.46. The predicted molar refractivity (Wildman–Crippen MR) is 55.4 cm³/mol. The van der Waals surface area contributed by atoms with E-state index in [9.17, 15) is 4.39 Å². The zero-order valence-electron chi connectivity index (χ0n) is 8.64. The van der Waals surface area contributed by atoms with Crippen molar-refractivity contribution >= 4 is 0 Å². The van der Waals surface area contributed by atoms with E-state index in [0.29, 0.717) is 11.3 Å². The second-order valence-electron chi connectivity index (χ2n) is 3.24. The monoisotopic (exact) mass is 222 g/mol. The van der Waals surface area contributed by atoms with Crippen LogP contribution < -0.4 is 10.5 Å². The van der Waals surface area contributed by atoms with Crippen molar-refractivity contribution in [3.8, 4) is 5.75 Å². The van der Waals surface area contributed by atoms with Crippen molar-refractivity contribution < 1.29 is 9.13 Å². The lowest BCUT2D eigenvalue weighted by Crippen LogP contribution is -2.14. The van der Waals surface area contributed by atoms with Gasteiger partial charge in [0, 0.05) is 5.56 Å². The number of nitrogens with two attached hydrogens (primary N) is 1. The van der Waals surface area contributed by atoms with Crippen LogP contribution in [0.4, 0.5) is 4.39 Å². The van der Waals surface area contributed by atoms with Gasteiger partial charge in [-0.15, -0.1) is 0 Å². The summed E-state index contributed by atoms with van der Waals surface area (Å²) in [5.41, 5.74) is 6.67. The Morgan fingerprint density at radius 2 is 2.31 bits per heavy atom. The first kappa shape index (κ1) is 10.6. The second-order valence-corrected chi connectivity index (χ2v) is 3.24. The highest BCUT2D eigenvalue weighted by Gasteiger charge is 2.18. The van der Waals surface area contributed by atoms with Crippen LogP contribution in [0.25, 0.3) is 0 Å². The SMILES string of the molecule is COc1cccc(C(N)c2cn[nH]n2)c1F. The number of rotatable bonds is 3. The number of hydrogen-bond donors (Lipinski definition) is 2. The molecule has 0 amide bonds. The first-order valence-electron chi connectivity index (χ1n) is 4.67. The molecule has 2 aromatic rings. The van der Waals surface area contributed by atoms with Gasteiger partial charge in [-0.1, -0.05) is 12.1 Å². The molecule has 1 atom stereocenters. The van der Waals surface area contributed by atoms with Crippen molar-refractivity contribution in [2.24, 2.45) is 5.73 Å². The molecule has 0 aliphatic rings. The van der Waals surface area contributed by atoms with Crippen LogP contribution >= 0.6 is 0 Å². The van der Waals surface area contributed by atoms with E-state index in [1.54, 1.807) is 12.1 Å². The molecule has 0 radical (unpaired) electrons. The summed E-state index contributed by atoms with van der Waals surface area (Å²) >= 11 is 0. The minimum absolute atomic E-state index is 0.163. The number of benzene rings is 1. The third-order valence-corrected chi connectivity index (χ3v) is 2.30. The molecule has 1 heterocycles. The van der Waals surface area contributed by atoms with Gasteiger partial charge in [0.05, 0.1) is 19.3 Å². The predicted octanol–water partition coefficient (Wildman–Crippen LogP) is 1.00. The van der Waals surface area contributed by atoms with Gasteiger partial charge in [-0.25, -0.2) is 4.39 Å². The molecule has 0 bridgehead atoms. The Bertz CT molecular complexity index is 472. The van der Waals surface area contributed by atoms with E-state index in [-0.39, 0.29) is 5.75 Å². The van der Waals surface area contributed by atoms with Crippen molar-refractivity contribution in [1.29, 1.82) is 0 Å². The molecule has 0 fully saturated rings. The third-order valence-electron chi connectivity index (χ3n) is 2.30. The van der Waals surface area contributed by atoms with E-state index in [4.69, 9.17) is 10.5 Å². The Labute approximate surface area is 91.4 Å². The van der Waals surface area contributed by atoms with Gasteiger partial charge in [0.2, 0.25) is 0 Å². The van der Waals surface area contributed by atoms with Crippen LogP contribution in [-0.2, 0) is 0 Å². The van der Waals surface area contributed by atoms with Crippen LogP contribution in [0.1, 0.15) is 17.3 Å². The first-order chi connectivity index (χ1) is 7.74. The summed E-state index contributed by atoms with van der Waals surface area (Å²) < 4.78 is 18.7. The standard InChI is InChI=1S/C10H11FN4O/c1-16-8-4-2-3-6(9(8)11)10(12)7-5-13-15-14-7/h2-5,10H,12H2,1H3,(H,13,14,15). The lowest BCUT2D eigenvalue weighted by Gasteiger charge is -2.11. The molecular weight excluding hydrogens is 211 g/mol. The molecule has 0 aliphatic heterocycles. The van der Waals surface area contributed by atoms with Crippen molar-refractivity contribution in [2.45, 2.75) is 6.04 Å². The number of H-pyrrole nitrogens is 1. The average Bonchev–Trinajstić information content (AvgIpc) is 2.82. The highest BCUT2D eigenvalue weighted by atomic mass is 19.1. The molecule has 1 aromatic heterocycles. The van der Waals surface area contributed by atoms with Gasteiger partial charge in [0.15, 0.2) is 11.6 Å². The van der Waals surface area contributed by atoms with Gasteiger partial charge >= 0.3 is 0 Å². The fourth-order valence-electron chi connectivity index (χ4n) is 1.45. The van der Waals surface area contributed by atoms with Crippen LogP contribution in [0, 0.1) is 5.82 Å². The maximum Gasteiger partial charge on any atom is 0.170 e. The number of hydrogen-bond acceptors (Lipinski definition) is 4. The van der Waals surface area contributed by atoms with Crippen molar-refractivity contribution in [3.63, 3.8) is 0 Å². The normalized spacial score (nSPS) is 12.4. The quantitative estimate of drug-likeness (QED) is 0.812. The van der Waals surface area contributed by atoms with Crippen molar-refractivity contribution in [1.82, 2.24) is 15.4 Å². The number of nitrogens with one attached hydrogen (secondary N) is 1. The van der Waals surface area contributed by atoms with Gasteiger partial charge in [-0.2, -0.15) is 15.4 Å². The zero-order chi connectivity index (χ0) is 11.5. The molecule has 16 heavy (non-hydrogen) atoms. The number of methoxy groups -OCH3 is 1. The number of ether oxygens (including phenoxy) is 1. The van der Waals surface area contributed by atoms with Crippen molar-refractivity contribution in [3.05, 3.63) is 41.5 Å². The largest absolute Gasteiger partial charge is 0.494 e. The molecule has 0 spiro atoms. The highest BCUT2D eigenvalue weighted by Crippen LogP contribution is 2.26. The van der Waals surface area contributed by atoms with E-state index < -0.39 is 11.9 Å². The van der Waals surface area contributed by atoms with E-state index in [1.807, 2.05) is 0 Å². The molecule has 2 rings (SSSR count). The van der Waals surface area contributed by atoms with E-state index in [2.05, 4.69) is 15.4 Å². The summed E-state index contributed by atoms with van der Waals surface area (Å²) in [6.45, 7) is 0. The van der Waals surface area contributed by atoms with E-state index in [0.717, 1.165) is 0 Å². The van der Waals surface area contributed by atoms with Crippen LogP contribution in [-0.4, -0.2) is 22.5 Å². The van der Waals surface area contributed by atoms with Crippen LogP contribution in [0.5, 0.6) is 5.75 Å². The fraction of sp³-hybridized carbons (Fsp3) is 0.200. The Morgan fingerprint density at radius 1 is 1.50 bits per heavy atom. The number of aromatic nitrogens is 3. The van der Waals surface area contributed by atoms with E-state index in [1.165, 1.54) is 19.4 Å². The van der Waals surface area contributed by atoms with Gasteiger partial charge in [-0.05, 0) is 6.07 Å². The molecule has 0 saturated carbocycles. The Morgan fingerprint density at radius 3 is 2.94 bits per heavy atom. The summed E-state index contributed by atoms with van der Waals surface area (Å²) in [6, 6.07) is 4.15. The van der Waals surface area contributed by atoms with E-state index >= 15 is 0 Å². The molecule has 0 aliphatic carbocycles. The van der Waals surface area contributed by atoms with Gasteiger partial charge in [0.25, 0.3) is 0 Å². The Hall–Kier alpha value is -1.95. The molecule has 0 saturated heterocycles. The van der Waals surface area contributed by atoms with Gasteiger partial charge in [0.1, 0.15) is 5.69 Å². The number of halogens is 1. The maximum atomic E-state index is 13.9. The summed E-state index contributed by atoms with van der Waals surface area (Å²) in [5, 5.41) is 9.89. The summed E-state index contributed by atoms with van der Waals surface area (Å²) in [7, 11) is 1.41. The van der Waals surface area contributed by atoms with Gasteiger partial charge < -0.3 is 10.5 Å². The Kier molecular flexibility index (Phi) is 2.82. The lowest BCUT2D eigenvalue weighted by atomic mass is 10.0. The number of nitrogens with zero attached hydrogens (tertiary/aromatic N) is 2. The highest BCUT2D eigenvalue weighted by molar-refractivity contribution is 5.35. The van der Waals surface area contributed by atoms with Crippen LogP contribution in [0.2, 0.25) is 0 Å². The summed E-state index contributed by atoms with van der Waals surface area (Å²) in [4.78, 5) is 0. The maximum absolute atomic E-state index is 13.9. The lowest BCUT2D eigenvalue weighted by molar-refractivity contribution is 0.383. The molecule has 1 unspecified atom stereocenters. The second kappa shape index (κ2) is 4.28. The molecule has 3 N–H and O–H groups in total. The zero-order valence-corrected chi connectivity index (χ0v) is 8.64. The summed E-state index contributed by atoms with van der Waals surface area (Å²) in [5.74, 6) is -0.308. The minimum Gasteiger partial charge on any atom is -0.494 e. The van der Waals surface area contributed by atoms with Crippen LogP contribution in [0.15, 0.2) is 24.4 Å². The molecule has 84 valence electrons. The topological polar surface area (TPSA) is 76.8 Å². The number of aromatic amines is 1. The average molecular weight is 222 g/mol. The molecule has 5 nitrogen and oxygen atoms in total. The molecule has 1 aromatic carbocycles. The smallest absolute Gasteiger partial charge is 0.170 e. The van der Waals surface area contributed by atoms with Crippen molar-refractivity contribution in [2.75, 3.05) is 7.11 Å². The third kappa shape index (κ3) is 1.74.